The second kappa shape index (κ2) is 5.60. The number of carbonyl (C=O) groups is 1. The number of rotatable bonds is 4. The first kappa shape index (κ1) is 16.5. The van der Waals surface area contributed by atoms with Crippen molar-refractivity contribution in [3.8, 4) is 5.75 Å². The van der Waals surface area contributed by atoms with Crippen LogP contribution in [-0.4, -0.2) is 40.8 Å². The Balaban J connectivity index is 1.93. The minimum absolute atomic E-state index is 0.0178. The van der Waals surface area contributed by atoms with Crippen molar-refractivity contribution >= 4 is 49.7 Å². The fourth-order valence-corrected chi connectivity index (χ4v) is 4.97. The van der Waals surface area contributed by atoms with Gasteiger partial charge in [-0.2, -0.15) is 8.42 Å². The lowest BCUT2D eigenvalue weighted by Gasteiger charge is -2.20. The summed E-state index contributed by atoms with van der Waals surface area (Å²) in [6, 6.07) is 3.78. The molecule has 8 nitrogen and oxygen atoms in total. The van der Waals surface area contributed by atoms with Crippen LogP contribution < -0.4 is 9.50 Å². The molecule has 0 amide bonds. The second-order valence-electron chi connectivity index (χ2n) is 5.04. The standard InChI is InChI=1S/C12H12N2O6S3/c1-12(14-8(5-21-12)10(15)16)11-13-7-3-2-6(4-9(7)22-11)20-23(17,18)19/h2-4,8,14H,5H2,1H3,(H,15,16)(H,17,18,19). The summed E-state index contributed by atoms with van der Waals surface area (Å²) in [6.45, 7) is 1.86. The molecule has 1 aliphatic heterocycles. The average Bonchev–Trinajstić information content (AvgIpc) is 3.01. The summed E-state index contributed by atoms with van der Waals surface area (Å²) in [7, 11) is -4.58. The second-order valence-corrected chi connectivity index (χ2v) is 8.53. The first-order chi connectivity index (χ1) is 10.7. The number of carboxylic acid groups (broad SMARTS) is 1. The minimum Gasteiger partial charge on any atom is -0.480 e. The lowest BCUT2D eigenvalue weighted by molar-refractivity contribution is -0.138. The number of nitrogens with one attached hydrogen (secondary N) is 1. The van der Waals surface area contributed by atoms with Gasteiger partial charge in [0, 0.05) is 11.8 Å². The van der Waals surface area contributed by atoms with Gasteiger partial charge in [-0.1, -0.05) is 0 Å². The molecule has 0 aliphatic carbocycles. The number of aromatic nitrogens is 1. The zero-order valence-corrected chi connectivity index (χ0v) is 14.2. The monoisotopic (exact) mass is 376 g/mol. The van der Waals surface area contributed by atoms with Crippen molar-refractivity contribution in [2.45, 2.75) is 17.8 Å². The van der Waals surface area contributed by atoms with Gasteiger partial charge in [0.25, 0.3) is 0 Å². The van der Waals surface area contributed by atoms with Crippen molar-refractivity contribution in [1.29, 1.82) is 0 Å². The minimum atomic E-state index is -4.58. The lowest BCUT2D eigenvalue weighted by Crippen LogP contribution is -2.41. The fourth-order valence-electron chi connectivity index (χ4n) is 2.20. The Morgan fingerprint density at radius 3 is 2.87 bits per heavy atom. The SMILES string of the molecule is CC1(c2nc3ccc(OS(=O)(=O)O)cc3s2)NC(C(=O)O)CS1. The highest BCUT2D eigenvalue weighted by Gasteiger charge is 2.42. The van der Waals surface area contributed by atoms with Crippen LogP contribution in [0.2, 0.25) is 0 Å². The molecule has 2 heterocycles. The first-order valence-corrected chi connectivity index (χ1v) is 9.55. The van der Waals surface area contributed by atoms with Crippen LogP contribution in [0.4, 0.5) is 0 Å². The maximum atomic E-state index is 11.1. The van der Waals surface area contributed by atoms with E-state index in [0.29, 0.717) is 21.0 Å². The van der Waals surface area contributed by atoms with Gasteiger partial charge >= 0.3 is 16.4 Å². The van der Waals surface area contributed by atoms with E-state index in [-0.39, 0.29) is 5.75 Å². The van der Waals surface area contributed by atoms with Crippen LogP contribution in [0.15, 0.2) is 18.2 Å². The Hall–Kier alpha value is -1.40. The number of nitrogens with zero attached hydrogens (tertiary/aromatic N) is 1. The summed E-state index contributed by atoms with van der Waals surface area (Å²) in [6.07, 6.45) is 0. The number of hydrogen-bond donors (Lipinski definition) is 3. The zero-order valence-electron chi connectivity index (χ0n) is 11.7. The van der Waals surface area contributed by atoms with E-state index in [1.54, 1.807) is 6.07 Å². The third-order valence-corrected chi connectivity index (χ3v) is 6.42. The van der Waals surface area contributed by atoms with E-state index in [4.69, 9.17) is 9.66 Å². The third-order valence-electron chi connectivity index (χ3n) is 3.26. The predicted molar refractivity (Wildman–Crippen MR) is 86.2 cm³/mol. The van der Waals surface area contributed by atoms with Gasteiger partial charge in [-0.3, -0.25) is 14.7 Å². The average molecular weight is 376 g/mol. The van der Waals surface area contributed by atoms with E-state index in [1.807, 2.05) is 6.92 Å². The highest BCUT2D eigenvalue weighted by atomic mass is 32.3. The number of benzene rings is 1. The summed E-state index contributed by atoms with van der Waals surface area (Å²) in [4.78, 5) is 14.9. The van der Waals surface area contributed by atoms with Gasteiger partial charge < -0.3 is 9.29 Å². The molecule has 1 saturated heterocycles. The smallest absolute Gasteiger partial charge is 0.446 e. The van der Waals surface area contributed by atoms with Gasteiger partial charge in [0.05, 0.1) is 10.2 Å². The molecular formula is C12H12N2O6S3. The highest BCUT2D eigenvalue weighted by Crippen LogP contribution is 2.42. The molecule has 2 atom stereocenters. The summed E-state index contributed by atoms with van der Waals surface area (Å²) in [5.41, 5.74) is 0.634. The van der Waals surface area contributed by atoms with E-state index in [0.717, 1.165) is 0 Å². The van der Waals surface area contributed by atoms with Crippen molar-refractivity contribution in [1.82, 2.24) is 10.3 Å². The van der Waals surface area contributed by atoms with E-state index in [2.05, 4.69) is 14.5 Å². The molecule has 2 aromatic rings. The molecule has 1 aliphatic rings. The molecule has 124 valence electrons. The Kier molecular flexibility index (Phi) is 4.01. The zero-order chi connectivity index (χ0) is 16.8. The van der Waals surface area contributed by atoms with Crippen LogP contribution in [-0.2, 0) is 20.1 Å². The van der Waals surface area contributed by atoms with Gasteiger partial charge in [0.2, 0.25) is 0 Å². The van der Waals surface area contributed by atoms with Crippen molar-refractivity contribution in [3.05, 3.63) is 23.2 Å². The highest BCUT2D eigenvalue weighted by molar-refractivity contribution is 8.00. The Morgan fingerprint density at radius 1 is 1.52 bits per heavy atom. The normalized spacial score (nSPS) is 24.9. The first-order valence-electron chi connectivity index (χ1n) is 6.39. The molecule has 3 rings (SSSR count). The van der Waals surface area contributed by atoms with Crippen LogP contribution >= 0.6 is 23.1 Å². The molecule has 1 aromatic heterocycles. The van der Waals surface area contributed by atoms with Crippen molar-refractivity contribution < 1.29 is 27.1 Å². The molecule has 0 spiro atoms. The number of hydrogen-bond acceptors (Lipinski definition) is 8. The quantitative estimate of drug-likeness (QED) is 0.679. The Labute approximate surface area is 139 Å². The molecule has 3 N–H and O–H groups in total. The van der Waals surface area contributed by atoms with Gasteiger partial charge in [0.1, 0.15) is 21.7 Å². The van der Waals surface area contributed by atoms with Crippen molar-refractivity contribution in [3.63, 3.8) is 0 Å². The molecule has 0 radical (unpaired) electrons. The van der Waals surface area contributed by atoms with E-state index >= 15 is 0 Å². The molecule has 0 saturated carbocycles. The van der Waals surface area contributed by atoms with Crippen molar-refractivity contribution in [2.24, 2.45) is 0 Å². The number of carboxylic acids is 1. The van der Waals surface area contributed by atoms with Crippen LogP contribution in [0, 0.1) is 0 Å². The number of thioether (sulfide) groups is 1. The molecular weight excluding hydrogens is 364 g/mol. The van der Waals surface area contributed by atoms with Gasteiger partial charge in [-0.15, -0.1) is 23.1 Å². The molecule has 0 bridgehead atoms. The molecule has 1 aromatic carbocycles. The van der Waals surface area contributed by atoms with Gasteiger partial charge in [0.15, 0.2) is 0 Å². The summed E-state index contributed by atoms with van der Waals surface area (Å²) < 4.78 is 35.3. The number of aliphatic carboxylic acids is 1. The molecule has 1 fully saturated rings. The van der Waals surface area contributed by atoms with E-state index < -0.39 is 27.3 Å². The third kappa shape index (κ3) is 3.43. The van der Waals surface area contributed by atoms with Crippen LogP contribution in [0.3, 0.4) is 0 Å². The lowest BCUT2D eigenvalue weighted by atomic mass is 10.2. The maximum absolute atomic E-state index is 11.1. The fraction of sp³-hybridized carbons (Fsp3) is 0.333. The molecule has 2 unspecified atom stereocenters. The largest absolute Gasteiger partial charge is 0.480 e. The summed E-state index contributed by atoms with van der Waals surface area (Å²) in [5, 5.41) is 12.8. The van der Waals surface area contributed by atoms with Crippen molar-refractivity contribution in [2.75, 3.05) is 5.75 Å². The summed E-state index contributed by atoms with van der Waals surface area (Å²) in [5.74, 6) is -0.499. The summed E-state index contributed by atoms with van der Waals surface area (Å²) >= 11 is 2.76. The van der Waals surface area contributed by atoms with Crippen LogP contribution in [0.5, 0.6) is 5.75 Å². The van der Waals surface area contributed by atoms with Gasteiger partial charge in [-0.25, -0.2) is 4.98 Å². The Morgan fingerprint density at radius 2 is 2.26 bits per heavy atom. The number of fused-ring (bicyclic) bond motifs is 1. The van der Waals surface area contributed by atoms with E-state index in [1.165, 1.54) is 35.2 Å². The number of thiazole rings is 1. The Bertz CT molecular complexity index is 880. The maximum Gasteiger partial charge on any atom is 0.446 e. The van der Waals surface area contributed by atoms with Crippen LogP contribution in [0.1, 0.15) is 11.9 Å². The van der Waals surface area contributed by atoms with Gasteiger partial charge in [-0.05, 0) is 19.1 Å². The van der Waals surface area contributed by atoms with E-state index in [9.17, 15) is 13.2 Å². The van der Waals surface area contributed by atoms with Crippen LogP contribution in [0.25, 0.3) is 10.2 Å². The topological polar surface area (TPSA) is 126 Å². The molecule has 11 heteroatoms. The molecule has 23 heavy (non-hydrogen) atoms. The predicted octanol–water partition coefficient (Wildman–Crippen LogP) is 1.44.